The number of H-pyrrole nitrogens is 1. The second kappa shape index (κ2) is 5.11. The number of ether oxygens (including phenoxy) is 1. The molecule has 19 heavy (non-hydrogen) atoms. The first-order chi connectivity index (χ1) is 9.27. The van der Waals surface area contributed by atoms with E-state index in [9.17, 15) is 0 Å². The molecule has 0 aromatic carbocycles. The third-order valence-electron chi connectivity index (χ3n) is 3.59. The van der Waals surface area contributed by atoms with Crippen molar-refractivity contribution in [2.24, 2.45) is 0 Å². The van der Waals surface area contributed by atoms with E-state index in [1.165, 1.54) is 0 Å². The quantitative estimate of drug-likeness (QED) is 0.877. The minimum atomic E-state index is 0.0729. The molecule has 100 valence electrons. The van der Waals surface area contributed by atoms with E-state index < -0.39 is 0 Å². The maximum Gasteiger partial charge on any atom is 0.0710 e. The predicted molar refractivity (Wildman–Crippen MR) is 72.5 cm³/mol. The number of pyridine rings is 1. The molecule has 0 radical (unpaired) electrons. The maximum atomic E-state index is 5.45. The molecule has 2 N–H and O–H groups in total. The summed E-state index contributed by atoms with van der Waals surface area (Å²) in [4.78, 5) is 4.14. The van der Waals surface area contributed by atoms with E-state index in [-0.39, 0.29) is 5.54 Å². The van der Waals surface area contributed by atoms with E-state index in [4.69, 9.17) is 4.74 Å². The zero-order valence-corrected chi connectivity index (χ0v) is 11.0. The molecule has 1 aliphatic heterocycles. The van der Waals surface area contributed by atoms with E-state index >= 15 is 0 Å². The van der Waals surface area contributed by atoms with Gasteiger partial charge in [0.25, 0.3) is 0 Å². The van der Waals surface area contributed by atoms with Gasteiger partial charge in [-0.05, 0) is 25.5 Å². The van der Waals surface area contributed by atoms with Crippen LogP contribution < -0.4 is 5.32 Å². The zero-order valence-electron chi connectivity index (χ0n) is 11.0. The molecule has 1 fully saturated rings. The number of hydrogen-bond donors (Lipinski definition) is 2. The summed E-state index contributed by atoms with van der Waals surface area (Å²) in [5.41, 5.74) is 3.32. The summed E-state index contributed by atoms with van der Waals surface area (Å²) in [5, 5.41) is 10.8. The average molecular weight is 258 g/mol. The molecular formula is C14H18N4O. The molecule has 1 saturated heterocycles. The average Bonchev–Trinajstić information content (AvgIpc) is 3.07. The van der Waals surface area contributed by atoms with Crippen molar-refractivity contribution in [2.45, 2.75) is 25.4 Å². The van der Waals surface area contributed by atoms with E-state index in [0.717, 1.165) is 43.0 Å². The van der Waals surface area contributed by atoms with Crippen LogP contribution in [0.4, 0.5) is 0 Å². The summed E-state index contributed by atoms with van der Waals surface area (Å²) in [6, 6.07) is 3.96. The lowest BCUT2D eigenvalue weighted by Gasteiger charge is -2.23. The smallest absolute Gasteiger partial charge is 0.0710 e. The van der Waals surface area contributed by atoms with Crippen LogP contribution in [-0.2, 0) is 11.3 Å². The fraction of sp³-hybridized carbons (Fsp3) is 0.429. The van der Waals surface area contributed by atoms with Gasteiger partial charge >= 0.3 is 0 Å². The van der Waals surface area contributed by atoms with E-state index in [2.05, 4.69) is 27.4 Å². The number of aromatic amines is 1. The molecule has 5 heteroatoms. The van der Waals surface area contributed by atoms with Crippen molar-refractivity contribution in [3.8, 4) is 11.3 Å². The van der Waals surface area contributed by atoms with Crippen molar-refractivity contribution >= 4 is 0 Å². The lowest BCUT2D eigenvalue weighted by Crippen LogP contribution is -2.42. The molecule has 1 aliphatic rings. The molecule has 0 spiro atoms. The van der Waals surface area contributed by atoms with E-state index in [1.807, 2.05) is 24.5 Å². The molecular weight excluding hydrogens is 240 g/mol. The molecule has 5 nitrogen and oxygen atoms in total. The van der Waals surface area contributed by atoms with Crippen LogP contribution in [0.25, 0.3) is 11.3 Å². The fourth-order valence-electron chi connectivity index (χ4n) is 2.32. The number of rotatable bonds is 4. The molecule has 3 rings (SSSR count). The van der Waals surface area contributed by atoms with Gasteiger partial charge in [-0.2, -0.15) is 5.10 Å². The van der Waals surface area contributed by atoms with E-state index in [0.29, 0.717) is 0 Å². The lowest BCUT2D eigenvalue weighted by atomic mass is 10.0. The van der Waals surface area contributed by atoms with Crippen LogP contribution in [0, 0.1) is 0 Å². The highest BCUT2D eigenvalue weighted by Gasteiger charge is 2.29. The Kier molecular flexibility index (Phi) is 3.31. The van der Waals surface area contributed by atoms with Crippen LogP contribution in [0.2, 0.25) is 0 Å². The molecule has 0 aliphatic carbocycles. The number of nitrogens with zero attached hydrogens (tertiary/aromatic N) is 2. The topological polar surface area (TPSA) is 62.8 Å². The highest BCUT2D eigenvalue weighted by molar-refractivity contribution is 5.61. The Morgan fingerprint density at radius 1 is 1.47 bits per heavy atom. The molecule has 1 unspecified atom stereocenters. The van der Waals surface area contributed by atoms with Gasteiger partial charge in [0, 0.05) is 42.2 Å². The number of nitrogens with one attached hydrogen (secondary N) is 2. The number of aromatic nitrogens is 3. The Morgan fingerprint density at radius 3 is 3.16 bits per heavy atom. The first kappa shape index (κ1) is 12.3. The van der Waals surface area contributed by atoms with Crippen molar-refractivity contribution in [3.05, 3.63) is 36.3 Å². The Bertz CT molecular complexity index is 531. The summed E-state index contributed by atoms with van der Waals surface area (Å²) < 4.78 is 5.45. The van der Waals surface area contributed by atoms with Crippen LogP contribution in [0.5, 0.6) is 0 Å². The third kappa shape index (κ3) is 2.67. The molecule has 0 bridgehead atoms. The van der Waals surface area contributed by atoms with Crippen molar-refractivity contribution < 1.29 is 4.74 Å². The standard InChI is InChI=1S/C14H18N4O/c1-14(4-6-19-10-14)16-8-12-9-17-18-13(12)11-3-2-5-15-7-11/h2-3,5,7,9,16H,4,6,8,10H2,1H3,(H,17,18). The van der Waals surface area contributed by atoms with Gasteiger partial charge in [-0.3, -0.25) is 10.1 Å². The summed E-state index contributed by atoms with van der Waals surface area (Å²) in [6.45, 7) is 4.59. The second-order valence-corrected chi connectivity index (χ2v) is 5.23. The van der Waals surface area contributed by atoms with Gasteiger partial charge in [-0.15, -0.1) is 0 Å². The van der Waals surface area contributed by atoms with Gasteiger partial charge in [-0.1, -0.05) is 0 Å². The fourth-order valence-corrected chi connectivity index (χ4v) is 2.32. The second-order valence-electron chi connectivity index (χ2n) is 5.23. The van der Waals surface area contributed by atoms with Crippen LogP contribution >= 0.6 is 0 Å². The minimum Gasteiger partial charge on any atom is -0.379 e. The highest BCUT2D eigenvalue weighted by Crippen LogP contribution is 2.22. The summed E-state index contributed by atoms with van der Waals surface area (Å²) >= 11 is 0. The van der Waals surface area contributed by atoms with Gasteiger partial charge in [0.15, 0.2) is 0 Å². The van der Waals surface area contributed by atoms with Gasteiger partial charge in [-0.25, -0.2) is 0 Å². The Morgan fingerprint density at radius 2 is 2.42 bits per heavy atom. The summed E-state index contributed by atoms with van der Waals surface area (Å²) in [6.07, 6.45) is 6.54. The predicted octanol–water partition coefficient (Wildman–Crippen LogP) is 1.74. The zero-order chi connectivity index (χ0) is 13.1. The monoisotopic (exact) mass is 258 g/mol. The van der Waals surface area contributed by atoms with Crippen LogP contribution in [-0.4, -0.2) is 33.9 Å². The normalized spacial score (nSPS) is 22.8. The Labute approximate surface area is 112 Å². The van der Waals surface area contributed by atoms with Crippen LogP contribution in [0.15, 0.2) is 30.7 Å². The SMILES string of the molecule is CC1(NCc2cn[nH]c2-c2cccnc2)CCOC1. The molecule has 0 saturated carbocycles. The summed E-state index contributed by atoms with van der Waals surface area (Å²) in [7, 11) is 0. The van der Waals surface area contributed by atoms with E-state index in [1.54, 1.807) is 6.20 Å². The minimum absolute atomic E-state index is 0.0729. The maximum absolute atomic E-state index is 5.45. The van der Waals surface area contributed by atoms with Gasteiger partial charge in [0.2, 0.25) is 0 Å². The molecule has 0 amide bonds. The van der Waals surface area contributed by atoms with Crippen molar-refractivity contribution in [1.82, 2.24) is 20.5 Å². The largest absolute Gasteiger partial charge is 0.379 e. The Hall–Kier alpha value is -1.72. The number of hydrogen-bond acceptors (Lipinski definition) is 4. The summed E-state index contributed by atoms with van der Waals surface area (Å²) in [5.74, 6) is 0. The lowest BCUT2D eigenvalue weighted by molar-refractivity contribution is 0.171. The molecule has 3 heterocycles. The third-order valence-corrected chi connectivity index (χ3v) is 3.59. The first-order valence-electron chi connectivity index (χ1n) is 6.52. The van der Waals surface area contributed by atoms with Crippen molar-refractivity contribution in [2.75, 3.05) is 13.2 Å². The van der Waals surface area contributed by atoms with Crippen LogP contribution in [0.1, 0.15) is 18.9 Å². The van der Waals surface area contributed by atoms with Gasteiger partial charge in [0.1, 0.15) is 0 Å². The van der Waals surface area contributed by atoms with Gasteiger partial charge in [0.05, 0.1) is 18.5 Å². The van der Waals surface area contributed by atoms with Gasteiger partial charge < -0.3 is 10.1 Å². The highest BCUT2D eigenvalue weighted by atomic mass is 16.5. The van der Waals surface area contributed by atoms with Crippen molar-refractivity contribution in [1.29, 1.82) is 0 Å². The van der Waals surface area contributed by atoms with Crippen molar-refractivity contribution in [3.63, 3.8) is 0 Å². The molecule has 2 aromatic rings. The first-order valence-corrected chi connectivity index (χ1v) is 6.52. The molecule has 2 aromatic heterocycles. The Balaban J connectivity index is 1.74. The molecule has 1 atom stereocenters. The van der Waals surface area contributed by atoms with Crippen LogP contribution in [0.3, 0.4) is 0 Å².